The number of nitrogens with two attached hydrogens (primary N) is 1. The van der Waals surface area contributed by atoms with Crippen molar-refractivity contribution in [3.63, 3.8) is 0 Å². The highest BCUT2D eigenvalue weighted by molar-refractivity contribution is 6.45. The zero-order valence-corrected chi connectivity index (χ0v) is 11.4. The van der Waals surface area contributed by atoms with Crippen molar-refractivity contribution in [2.45, 2.75) is 19.3 Å². The molecule has 4 N–H and O–H groups in total. The Labute approximate surface area is 125 Å². The largest absolute Gasteiger partial charge is 0.416 e. The predicted octanol–water partition coefficient (Wildman–Crippen LogP) is 3.26. The van der Waals surface area contributed by atoms with E-state index in [2.05, 4.69) is 5.10 Å². The Morgan fingerprint density at radius 3 is 2.17 bits per heavy atom. The first-order valence-corrected chi connectivity index (χ1v) is 5.75. The molecule has 0 saturated heterocycles. The third-order valence-corrected chi connectivity index (χ3v) is 2.69. The molecule has 0 bridgehead atoms. The van der Waals surface area contributed by atoms with Crippen molar-refractivity contribution >= 4 is 17.2 Å². The number of nitriles is 1. The fraction of sp³-hybridized carbons (Fsp3) is 0.250. The van der Waals surface area contributed by atoms with Crippen molar-refractivity contribution in [2.75, 3.05) is 5.43 Å². The Hall–Kier alpha value is -2.77. The predicted molar refractivity (Wildman–Crippen MR) is 69.8 cm³/mol. The van der Waals surface area contributed by atoms with E-state index in [1.165, 1.54) is 6.07 Å². The van der Waals surface area contributed by atoms with Gasteiger partial charge in [-0.15, -0.1) is 0 Å². The molecule has 124 valence electrons. The molecule has 0 fully saturated rings. The van der Waals surface area contributed by atoms with Crippen LogP contribution in [0.15, 0.2) is 17.2 Å². The Kier molecular flexibility index (Phi) is 4.89. The van der Waals surface area contributed by atoms with E-state index >= 15 is 0 Å². The summed E-state index contributed by atoms with van der Waals surface area (Å²) in [6.45, 7) is 0.945. The maximum atomic E-state index is 12.9. The lowest BCUT2D eigenvalue weighted by Gasteiger charge is -2.17. The Morgan fingerprint density at radius 1 is 1.22 bits per heavy atom. The minimum absolute atomic E-state index is 0.0135. The van der Waals surface area contributed by atoms with E-state index in [9.17, 15) is 26.3 Å². The van der Waals surface area contributed by atoms with E-state index in [0.29, 0.717) is 6.07 Å². The van der Waals surface area contributed by atoms with E-state index in [0.717, 1.165) is 6.92 Å². The van der Waals surface area contributed by atoms with Gasteiger partial charge in [0.15, 0.2) is 5.84 Å². The van der Waals surface area contributed by atoms with Crippen LogP contribution in [0.2, 0.25) is 0 Å². The molecule has 0 saturated carbocycles. The van der Waals surface area contributed by atoms with Crippen LogP contribution in [-0.4, -0.2) is 11.5 Å². The molecular formula is C12H9F6N5. The van der Waals surface area contributed by atoms with E-state index < -0.39 is 46.3 Å². The molecule has 23 heavy (non-hydrogen) atoms. The van der Waals surface area contributed by atoms with E-state index in [-0.39, 0.29) is 6.07 Å². The first kappa shape index (κ1) is 18.3. The second-order valence-corrected chi connectivity index (χ2v) is 4.29. The minimum atomic E-state index is -5.01. The van der Waals surface area contributed by atoms with Crippen LogP contribution < -0.4 is 11.2 Å². The van der Waals surface area contributed by atoms with Gasteiger partial charge in [0.2, 0.25) is 5.71 Å². The topological polar surface area (TPSA) is 98.0 Å². The van der Waals surface area contributed by atoms with Crippen molar-refractivity contribution < 1.29 is 26.3 Å². The molecule has 0 amide bonds. The molecule has 0 aromatic heterocycles. The summed E-state index contributed by atoms with van der Waals surface area (Å²) in [6.07, 6.45) is -10.0. The highest BCUT2D eigenvalue weighted by atomic mass is 19.4. The summed E-state index contributed by atoms with van der Waals surface area (Å²) >= 11 is 0. The Bertz CT molecular complexity index is 696. The molecular weight excluding hydrogens is 328 g/mol. The average Bonchev–Trinajstić information content (AvgIpc) is 2.37. The number of hydrazone groups is 1. The molecule has 0 atom stereocenters. The van der Waals surface area contributed by atoms with Gasteiger partial charge in [0.25, 0.3) is 0 Å². The van der Waals surface area contributed by atoms with Crippen molar-refractivity contribution in [1.29, 1.82) is 10.7 Å². The van der Waals surface area contributed by atoms with Gasteiger partial charge in [-0.3, -0.25) is 10.8 Å². The van der Waals surface area contributed by atoms with Gasteiger partial charge in [0.05, 0.1) is 16.8 Å². The van der Waals surface area contributed by atoms with Gasteiger partial charge in [0.1, 0.15) is 6.07 Å². The normalized spacial score (nSPS) is 12.7. The van der Waals surface area contributed by atoms with Crippen molar-refractivity contribution in [3.05, 3.63) is 28.8 Å². The fourth-order valence-electron chi connectivity index (χ4n) is 1.55. The number of halogens is 6. The summed E-state index contributed by atoms with van der Waals surface area (Å²) < 4.78 is 76.7. The highest BCUT2D eigenvalue weighted by Gasteiger charge is 2.38. The minimum Gasteiger partial charge on any atom is -0.382 e. The summed E-state index contributed by atoms with van der Waals surface area (Å²) in [4.78, 5) is 0. The second kappa shape index (κ2) is 6.15. The standard InChI is InChI=1S/C12H9F6N5/c1-5-7(12(16,17)18)2-6(11(13,14)15)3-8(5)22-23-9(4-19)10(20)21/h2-3,22H,1H3,(H3,20,21)/b23-9+. The fourth-order valence-corrected chi connectivity index (χ4v) is 1.55. The molecule has 5 nitrogen and oxygen atoms in total. The maximum absolute atomic E-state index is 12.9. The first-order valence-electron chi connectivity index (χ1n) is 5.75. The average molecular weight is 337 g/mol. The van der Waals surface area contributed by atoms with Gasteiger partial charge < -0.3 is 5.73 Å². The van der Waals surface area contributed by atoms with Gasteiger partial charge in [-0.25, -0.2) is 0 Å². The van der Waals surface area contributed by atoms with Gasteiger partial charge in [-0.05, 0) is 24.6 Å². The van der Waals surface area contributed by atoms with Gasteiger partial charge >= 0.3 is 12.4 Å². The van der Waals surface area contributed by atoms with E-state index in [4.69, 9.17) is 16.4 Å². The molecule has 0 aliphatic carbocycles. The third kappa shape index (κ3) is 4.35. The van der Waals surface area contributed by atoms with Gasteiger partial charge in [0, 0.05) is 0 Å². The molecule has 0 radical (unpaired) electrons. The highest BCUT2D eigenvalue weighted by Crippen LogP contribution is 2.40. The molecule has 11 heteroatoms. The van der Waals surface area contributed by atoms with Crippen LogP contribution in [0.25, 0.3) is 0 Å². The summed E-state index contributed by atoms with van der Waals surface area (Å²) in [7, 11) is 0. The summed E-state index contributed by atoms with van der Waals surface area (Å²) in [5, 5.41) is 18.8. The Balaban J connectivity index is 3.48. The monoisotopic (exact) mass is 337 g/mol. The molecule has 0 spiro atoms. The van der Waals surface area contributed by atoms with Crippen LogP contribution in [0.1, 0.15) is 16.7 Å². The Morgan fingerprint density at radius 2 is 1.78 bits per heavy atom. The number of alkyl halides is 6. The lowest BCUT2D eigenvalue weighted by Crippen LogP contribution is -2.22. The van der Waals surface area contributed by atoms with Crippen LogP contribution in [0.4, 0.5) is 32.0 Å². The molecule has 0 aliphatic rings. The number of nitrogens with one attached hydrogen (secondary N) is 2. The molecule has 0 unspecified atom stereocenters. The number of rotatable bonds is 3. The van der Waals surface area contributed by atoms with Gasteiger partial charge in [-0.1, -0.05) is 0 Å². The summed E-state index contributed by atoms with van der Waals surface area (Å²) in [6, 6.07) is 1.78. The SMILES string of the molecule is Cc1c(N/N=C(\C#N)C(=N)N)cc(C(F)(F)F)cc1C(F)(F)F. The number of anilines is 1. The number of benzene rings is 1. The van der Waals surface area contributed by atoms with Crippen molar-refractivity contribution in [1.82, 2.24) is 0 Å². The zero-order chi connectivity index (χ0) is 18.0. The van der Waals surface area contributed by atoms with Crippen LogP contribution in [0, 0.1) is 23.7 Å². The summed E-state index contributed by atoms with van der Waals surface area (Å²) in [5.74, 6) is -0.791. The van der Waals surface area contributed by atoms with Crippen molar-refractivity contribution in [2.24, 2.45) is 10.8 Å². The van der Waals surface area contributed by atoms with E-state index in [1.807, 2.05) is 5.43 Å². The smallest absolute Gasteiger partial charge is 0.382 e. The second-order valence-electron chi connectivity index (χ2n) is 4.29. The van der Waals surface area contributed by atoms with Crippen LogP contribution in [0.3, 0.4) is 0 Å². The molecule has 0 aliphatic heterocycles. The molecule has 1 rings (SSSR count). The number of amidine groups is 1. The van der Waals surface area contributed by atoms with Crippen molar-refractivity contribution in [3.8, 4) is 6.07 Å². The first-order chi connectivity index (χ1) is 10.4. The quantitative estimate of drug-likeness (QED) is 0.342. The van der Waals surface area contributed by atoms with E-state index in [1.54, 1.807) is 0 Å². The molecule has 1 aromatic rings. The lowest BCUT2D eigenvalue weighted by molar-refractivity contribution is -0.143. The number of nitrogens with zero attached hydrogens (tertiary/aromatic N) is 2. The number of hydrogen-bond acceptors (Lipinski definition) is 4. The van der Waals surface area contributed by atoms with Crippen LogP contribution in [0.5, 0.6) is 0 Å². The zero-order valence-electron chi connectivity index (χ0n) is 11.4. The van der Waals surface area contributed by atoms with Crippen LogP contribution in [-0.2, 0) is 12.4 Å². The molecule has 1 aromatic carbocycles. The maximum Gasteiger partial charge on any atom is 0.416 e. The van der Waals surface area contributed by atoms with Crippen LogP contribution >= 0.6 is 0 Å². The molecule has 0 heterocycles. The third-order valence-electron chi connectivity index (χ3n) is 2.69. The summed E-state index contributed by atoms with van der Waals surface area (Å²) in [5.41, 5.74) is 2.02. The van der Waals surface area contributed by atoms with Gasteiger partial charge in [-0.2, -0.15) is 36.7 Å². The lowest BCUT2D eigenvalue weighted by atomic mass is 10.0. The number of hydrogen-bond donors (Lipinski definition) is 3.